The Balaban J connectivity index is 1.28. The fourth-order valence-corrected chi connectivity index (χ4v) is 5.15. The van der Waals surface area contributed by atoms with Crippen molar-refractivity contribution in [2.24, 2.45) is 0 Å². The van der Waals surface area contributed by atoms with Gasteiger partial charge in [0.2, 0.25) is 5.91 Å². The largest absolute Gasteiger partial charge is 0.486 e. The molecule has 0 radical (unpaired) electrons. The molecule has 160 valence electrons. The van der Waals surface area contributed by atoms with Gasteiger partial charge in [-0.1, -0.05) is 41.7 Å². The quantitative estimate of drug-likeness (QED) is 0.619. The third-order valence-electron chi connectivity index (χ3n) is 5.73. The van der Waals surface area contributed by atoms with Gasteiger partial charge in [-0.25, -0.2) is 4.98 Å². The van der Waals surface area contributed by atoms with E-state index in [-0.39, 0.29) is 5.91 Å². The molecular weight excluding hydrogens is 410 g/mol. The Morgan fingerprint density at radius 1 is 1.16 bits per heavy atom. The molecule has 0 spiro atoms. The Kier molecular flexibility index (Phi) is 5.61. The van der Waals surface area contributed by atoms with Crippen LogP contribution in [0.5, 0.6) is 11.5 Å². The smallest absolute Gasteiger partial charge is 0.223 e. The topological polar surface area (TPSA) is 63.7 Å². The van der Waals surface area contributed by atoms with Crippen LogP contribution in [-0.2, 0) is 11.3 Å². The summed E-state index contributed by atoms with van der Waals surface area (Å²) < 4.78 is 11.5. The van der Waals surface area contributed by atoms with Gasteiger partial charge in [0.05, 0.1) is 4.88 Å². The summed E-state index contributed by atoms with van der Waals surface area (Å²) in [5.41, 5.74) is 3.70. The van der Waals surface area contributed by atoms with Crippen LogP contribution in [0.2, 0.25) is 0 Å². The molecule has 1 atom stereocenters. The zero-order valence-electron chi connectivity index (χ0n) is 17.5. The van der Waals surface area contributed by atoms with Crippen LogP contribution >= 0.6 is 11.3 Å². The van der Waals surface area contributed by atoms with Gasteiger partial charge < -0.3 is 14.8 Å². The molecule has 2 aliphatic rings. The fourth-order valence-electron chi connectivity index (χ4n) is 4.28. The average Bonchev–Trinajstić information content (AvgIpc) is 3.43. The van der Waals surface area contributed by atoms with Crippen molar-refractivity contribution in [1.29, 1.82) is 0 Å². The SMILES string of the molecule is CC(=O)Nc1ncc(-c2ccc(CN3CCC[C@@H]3c3ccc4c(c3)OCCO4)cc2)s1. The molecule has 1 aromatic heterocycles. The number of nitrogens with zero attached hydrogens (tertiary/aromatic N) is 2. The molecule has 6 nitrogen and oxygen atoms in total. The van der Waals surface area contributed by atoms with Gasteiger partial charge in [0, 0.05) is 25.7 Å². The summed E-state index contributed by atoms with van der Waals surface area (Å²) in [6, 6.07) is 15.4. The summed E-state index contributed by atoms with van der Waals surface area (Å²) in [7, 11) is 0. The molecular formula is C24H25N3O3S. The predicted molar refractivity (Wildman–Crippen MR) is 122 cm³/mol. The van der Waals surface area contributed by atoms with E-state index in [0.717, 1.165) is 41.4 Å². The second-order valence-electron chi connectivity index (χ2n) is 7.94. The number of likely N-dealkylation sites (tertiary alicyclic amines) is 1. The Labute approximate surface area is 185 Å². The maximum absolute atomic E-state index is 11.2. The lowest BCUT2D eigenvalue weighted by atomic mass is 10.0. The maximum Gasteiger partial charge on any atom is 0.223 e. The van der Waals surface area contributed by atoms with E-state index in [2.05, 4.69) is 51.6 Å². The van der Waals surface area contributed by atoms with Gasteiger partial charge >= 0.3 is 0 Å². The van der Waals surface area contributed by atoms with E-state index < -0.39 is 0 Å². The number of anilines is 1. The number of aromatic nitrogens is 1. The first-order chi connectivity index (χ1) is 15.2. The number of hydrogen-bond donors (Lipinski definition) is 1. The highest BCUT2D eigenvalue weighted by atomic mass is 32.1. The van der Waals surface area contributed by atoms with Gasteiger partial charge in [-0.15, -0.1) is 0 Å². The molecule has 0 aliphatic carbocycles. The number of nitrogens with one attached hydrogen (secondary N) is 1. The van der Waals surface area contributed by atoms with E-state index in [9.17, 15) is 4.79 Å². The lowest BCUT2D eigenvalue weighted by Crippen LogP contribution is -2.23. The van der Waals surface area contributed by atoms with Gasteiger partial charge in [0.25, 0.3) is 0 Å². The molecule has 3 aromatic rings. The van der Waals surface area contributed by atoms with Crippen LogP contribution in [0.4, 0.5) is 5.13 Å². The standard InChI is InChI=1S/C24H25N3O3S/c1-16(28)26-24-25-14-23(31-24)18-6-4-17(5-7-18)15-27-10-2-3-20(27)19-8-9-21-22(13-19)30-12-11-29-21/h4-9,13-14,20H,2-3,10-12,15H2,1H3,(H,25,26,28)/t20-/m1/s1. The molecule has 1 saturated heterocycles. The summed E-state index contributed by atoms with van der Waals surface area (Å²) in [5, 5.41) is 3.37. The highest BCUT2D eigenvalue weighted by Gasteiger charge is 2.27. The number of fused-ring (bicyclic) bond motifs is 1. The third kappa shape index (κ3) is 4.43. The van der Waals surface area contributed by atoms with Crippen molar-refractivity contribution in [1.82, 2.24) is 9.88 Å². The average molecular weight is 436 g/mol. The first-order valence-electron chi connectivity index (χ1n) is 10.6. The number of hydrogen-bond acceptors (Lipinski definition) is 6. The van der Waals surface area contributed by atoms with Gasteiger partial charge in [-0.3, -0.25) is 9.69 Å². The van der Waals surface area contributed by atoms with Crippen LogP contribution in [0.15, 0.2) is 48.7 Å². The fraction of sp³-hybridized carbons (Fsp3) is 0.333. The number of thiazole rings is 1. The summed E-state index contributed by atoms with van der Waals surface area (Å²) in [6.07, 6.45) is 4.16. The van der Waals surface area contributed by atoms with E-state index in [0.29, 0.717) is 24.4 Å². The second-order valence-corrected chi connectivity index (χ2v) is 8.97. The van der Waals surface area contributed by atoms with Crippen molar-refractivity contribution >= 4 is 22.4 Å². The molecule has 7 heteroatoms. The minimum atomic E-state index is -0.102. The Hall–Kier alpha value is -2.90. The molecule has 1 N–H and O–H groups in total. The summed E-state index contributed by atoms with van der Waals surface area (Å²) >= 11 is 1.49. The lowest BCUT2D eigenvalue weighted by Gasteiger charge is -2.26. The van der Waals surface area contributed by atoms with E-state index in [1.807, 2.05) is 12.3 Å². The number of ether oxygens (including phenoxy) is 2. The monoisotopic (exact) mass is 435 g/mol. The zero-order chi connectivity index (χ0) is 21.2. The summed E-state index contributed by atoms with van der Waals surface area (Å²) in [6.45, 7) is 4.73. The predicted octanol–water partition coefficient (Wildman–Crippen LogP) is 4.88. The molecule has 1 fully saturated rings. The van der Waals surface area contributed by atoms with Crippen LogP contribution in [-0.4, -0.2) is 35.5 Å². The van der Waals surface area contributed by atoms with E-state index >= 15 is 0 Å². The number of amides is 1. The molecule has 5 rings (SSSR count). The van der Waals surface area contributed by atoms with Crippen LogP contribution in [0.1, 0.15) is 36.9 Å². The van der Waals surface area contributed by atoms with Crippen LogP contribution in [0.3, 0.4) is 0 Å². The van der Waals surface area contributed by atoms with Gasteiger partial charge in [-0.05, 0) is 48.2 Å². The van der Waals surface area contributed by atoms with Crippen molar-refractivity contribution in [3.8, 4) is 21.9 Å². The Morgan fingerprint density at radius 2 is 1.97 bits per heavy atom. The minimum absolute atomic E-state index is 0.102. The van der Waals surface area contributed by atoms with Gasteiger partial charge in [0.1, 0.15) is 13.2 Å². The molecule has 2 aromatic carbocycles. The van der Waals surface area contributed by atoms with Crippen molar-refractivity contribution < 1.29 is 14.3 Å². The highest BCUT2D eigenvalue weighted by molar-refractivity contribution is 7.19. The van der Waals surface area contributed by atoms with Crippen LogP contribution in [0, 0.1) is 0 Å². The van der Waals surface area contributed by atoms with Crippen molar-refractivity contribution in [3.63, 3.8) is 0 Å². The molecule has 3 heterocycles. The van der Waals surface area contributed by atoms with Gasteiger partial charge in [-0.2, -0.15) is 0 Å². The molecule has 0 bridgehead atoms. The van der Waals surface area contributed by atoms with Crippen molar-refractivity contribution in [2.75, 3.05) is 25.1 Å². The maximum atomic E-state index is 11.2. The van der Waals surface area contributed by atoms with Gasteiger partial charge in [0.15, 0.2) is 16.6 Å². The number of benzene rings is 2. The van der Waals surface area contributed by atoms with E-state index in [1.165, 1.54) is 35.8 Å². The minimum Gasteiger partial charge on any atom is -0.486 e. The van der Waals surface area contributed by atoms with E-state index in [1.54, 1.807) is 0 Å². The zero-order valence-corrected chi connectivity index (χ0v) is 18.3. The third-order valence-corrected chi connectivity index (χ3v) is 6.69. The number of carbonyl (C=O) groups excluding carboxylic acids is 1. The van der Waals surface area contributed by atoms with Crippen molar-refractivity contribution in [2.45, 2.75) is 32.4 Å². The molecule has 2 aliphatic heterocycles. The van der Waals surface area contributed by atoms with Crippen molar-refractivity contribution in [3.05, 3.63) is 59.8 Å². The first kappa shape index (κ1) is 20.0. The summed E-state index contributed by atoms with van der Waals surface area (Å²) in [5.74, 6) is 1.61. The molecule has 0 unspecified atom stereocenters. The molecule has 31 heavy (non-hydrogen) atoms. The molecule has 1 amide bonds. The van der Waals surface area contributed by atoms with E-state index in [4.69, 9.17) is 9.47 Å². The second kappa shape index (κ2) is 8.69. The first-order valence-corrected chi connectivity index (χ1v) is 11.4. The van der Waals surface area contributed by atoms with Crippen LogP contribution in [0.25, 0.3) is 10.4 Å². The number of carbonyl (C=O) groups is 1. The number of rotatable bonds is 5. The lowest BCUT2D eigenvalue weighted by molar-refractivity contribution is -0.114. The summed E-state index contributed by atoms with van der Waals surface area (Å²) in [4.78, 5) is 19.1. The normalized spacial score (nSPS) is 18.2. The van der Waals surface area contributed by atoms with Crippen LogP contribution < -0.4 is 14.8 Å². The molecule has 0 saturated carbocycles. The Morgan fingerprint density at radius 3 is 2.77 bits per heavy atom. The Bertz CT molecular complexity index is 1080. The highest BCUT2D eigenvalue weighted by Crippen LogP contribution is 2.39.